The summed E-state index contributed by atoms with van der Waals surface area (Å²) in [6.45, 7) is 1.44. The van der Waals surface area contributed by atoms with Crippen LogP contribution in [0.1, 0.15) is 22.1 Å². The molecule has 0 saturated carbocycles. The molecule has 1 aromatic heterocycles. The summed E-state index contributed by atoms with van der Waals surface area (Å²) in [5.41, 5.74) is 0.720. The third kappa shape index (κ3) is 4.03. The standard InChI is InChI=1S/C20H18Cl2N2O5S/c1-12(24(30(3,27)28)18-10-13(21)8-9-16(18)22)19(25)23-11-15(20(26)29-2)14-6-4-5-7-17(14)23/h4-12H,1-3H3/t12-/m0/s1. The Balaban J connectivity index is 2.16. The number of rotatable bonds is 5. The van der Waals surface area contributed by atoms with Gasteiger partial charge in [-0.1, -0.05) is 41.4 Å². The Kier molecular flexibility index (Phi) is 6.12. The van der Waals surface area contributed by atoms with Gasteiger partial charge in [-0.05, 0) is 31.2 Å². The van der Waals surface area contributed by atoms with Crippen molar-refractivity contribution < 1.29 is 22.7 Å². The highest BCUT2D eigenvalue weighted by Gasteiger charge is 2.33. The average molecular weight is 469 g/mol. The lowest BCUT2D eigenvalue weighted by molar-refractivity contribution is 0.0603. The number of hydrogen-bond acceptors (Lipinski definition) is 5. The molecule has 0 radical (unpaired) electrons. The first-order valence-corrected chi connectivity index (χ1v) is 11.3. The number of nitrogens with zero attached hydrogens (tertiary/aromatic N) is 2. The van der Waals surface area contributed by atoms with Gasteiger partial charge < -0.3 is 4.74 Å². The average Bonchev–Trinajstić information content (AvgIpc) is 3.08. The molecule has 0 saturated heterocycles. The first kappa shape index (κ1) is 22.1. The molecule has 0 aliphatic heterocycles. The number of fused-ring (bicyclic) bond motifs is 1. The van der Waals surface area contributed by atoms with E-state index in [9.17, 15) is 18.0 Å². The van der Waals surface area contributed by atoms with Crippen LogP contribution in [0.2, 0.25) is 10.0 Å². The van der Waals surface area contributed by atoms with Gasteiger partial charge in [-0.25, -0.2) is 13.2 Å². The molecular weight excluding hydrogens is 451 g/mol. The summed E-state index contributed by atoms with van der Waals surface area (Å²) in [6.07, 6.45) is 2.32. The minimum atomic E-state index is -3.91. The minimum absolute atomic E-state index is 0.0807. The molecule has 7 nitrogen and oxygen atoms in total. The molecule has 30 heavy (non-hydrogen) atoms. The zero-order valence-electron chi connectivity index (χ0n) is 16.3. The van der Waals surface area contributed by atoms with Crippen molar-refractivity contribution in [3.05, 3.63) is 64.3 Å². The summed E-state index contributed by atoms with van der Waals surface area (Å²) in [4.78, 5) is 25.5. The number of esters is 1. The lowest BCUT2D eigenvalue weighted by Crippen LogP contribution is -2.45. The zero-order chi connectivity index (χ0) is 22.2. The molecule has 158 valence electrons. The summed E-state index contributed by atoms with van der Waals surface area (Å²) >= 11 is 12.2. The highest BCUT2D eigenvalue weighted by atomic mass is 35.5. The Hall–Kier alpha value is -2.55. The lowest BCUT2D eigenvalue weighted by atomic mass is 10.2. The predicted octanol–water partition coefficient (Wildman–Crippen LogP) is 4.23. The Labute approximate surface area is 183 Å². The van der Waals surface area contributed by atoms with Crippen molar-refractivity contribution in [2.45, 2.75) is 13.0 Å². The summed E-state index contributed by atoms with van der Waals surface area (Å²) in [7, 11) is -2.67. The second-order valence-electron chi connectivity index (χ2n) is 6.59. The van der Waals surface area contributed by atoms with E-state index < -0.39 is 27.9 Å². The van der Waals surface area contributed by atoms with Crippen molar-refractivity contribution in [2.75, 3.05) is 17.7 Å². The van der Waals surface area contributed by atoms with E-state index >= 15 is 0 Å². The van der Waals surface area contributed by atoms with Gasteiger partial charge >= 0.3 is 5.97 Å². The molecule has 1 atom stereocenters. The van der Waals surface area contributed by atoms with Crippen LogP contribution in [0, 0.1) is 0 Å². The van der Waals surface area contributed by atoms with E-state index in [1.807, 2.05) is 0 Å². The molecule has 0 unspecified atom stereocenters. The third-order valence-electron chi connectivity index (χ3n) is 4.57. The Morgan fingerprint density at radius 2 is 1.80 bits per heavy atom. The van der Waals surface area contributed by atoms with Crippen LogP contribution >= 0.6 is 23.2 Å². The van der Waals surface area contributed by atoms with Gasteiger partial charge in [0.05, 0.1) is 35.2 Å². The number of hydrogen-bond donors (Lipinski definition) is 0. The van der Waals surface area contributed by atoms with Gasteiger partial charge in [-0.2, -0.15) is 0 Å². The monoisotopic (exact) mass is 468 g/mol. The normalized spacial score (nSPS) is 12.6. The molecule has 0 spiro atoms. The number of para-hydroxylation sites is 1. The van der Waals surface area contributed by atoms with Crippen molar-refractivity contribution in [1.82, 2.24) is 4.57 Å². The largest absolute Gasteiger partial charge is 0.465 e. The number of benzene rings is 2. The molecule has 0 amide bonds. The van der Waals surface area contributed by atoms with Crippen molar-refractivity contribution in [3.8, 4) is 0 Å². The molecule has 3 aromatic rings. The second-order valence-corrected chi connectivity index (χ2v) is 9.29. The first-order valence-electron chi connectivity index (χ1n) is 8.73. The van der Waals surface area contributed by atoms with Gasteiger partial charge in [0.1, 0.15) is 6.04 Å². The maximum atomic E-state index is 13.4. The maximum Gasteiger partial charge on any atom is 0.340 e. The maximum absolute atomic E-state index is 13.4. The van der Waals surface area contributed by atoms with Crippen LogP contribution < -0.4 is 4.31 Å². The van der Waals surface area contributed by atoms with Crippen LogP contribution in [0.4, 0.5) is 5.69 Å². The van der Waals surface area contributed by atoms with E-state index in [-0.39, 0.29) is 21.3 Å². The van der Waals surface area contributed by atoms with Crippen LogP contribution in [0.15, 0.2) is 48.7 Å². The molecule has 2 aromatic carbocycles. The topological polar surface area (TPSA) is 85.7 Å². The van der Waals surface area contributed by atoms with Crippen molar-refractivity contribution >= 4 is 61.7 Å². The molecule has 0 aliphatic rings. The van der Waals surface area contributed by atoms with Crippen molar-refractivity contribution in [3.63, 3.8) is 0 Å². The fraction of sp³-hybridized carbons (Fsp3) is 0.200. The first-order chi connectivity index (χ1) is 14.1. The number of anilines is 1. The zero-order valence-corrected chi connectivity index (χ0v) is 18.6. The summed E-state index contributed by atoms with van der Waals surface area (Å²) in [5.74, 6) is -1.19. The number of halogens is 2. The third-order valence-corrected chi connectivity index (χ3v) is 6.35. The van der Waals surface area contributed by atoms with Gasteiger partial charge in [-0.15, -0.1) is 0 Å². The quantitative estimate of drug-likeness (QED) is 0.522. The minimum Gasteiger partial charge on any atom is -0.465 e. The molecule has 0 aliphatic carbocycles. The fourth-order valence-electron chi connectivity index (χ4n) is 3.27. The highest BCUT2D eigenvalue weighted by molar-refractivity contribution is 7.92. The number of ether oxygens (including phenoxy) is 1. The number of methoxy groups -OCH3 is 1. The summed E-state index contributed by atoms with van der Waals surface area (Å²) < 4.78 is 32.1. The SMILES string of the molecule is COC(=O)c1cn(C(=O)[C@H](C)N(c2cc(Cl)ccc2Cl)S(C)(=O)=O)c2ccccc12. The molecule has 10 heteroatoms. The molecule has 0 N–H and O–H groups in total. The molecular formula is C20H18Cl2N2O5S. The summed E-state index contributed by atoms with van der Waals surface area (Å²) in [6, 6.07) is 9.93. The number of carbonyl (C=O) groups is 2. The van der Waals surface area contributed by atoms with E-state index in [2.05, 4.69) is 0 Å². The van der Waals surface area contributed by atoms with Crippen LogP contribution in [-0.2, 0) is 14.8 Å². The van der Waals surface area contributed by atoms with Crippen LogP contribution in [-0.4, -0.2) is 44.3 Å². The Bertz CT molecular complexity index is 1250. The van der Waals surface area contributed by atoms with Gasteiger partial charge in [0.25, 0.3) is 5.91 Å². The molecule has 0 fully saturated rings. The van der Waals surface area contributed by atoms with E-state index in [4.69, 9.17) is 27.9 Å². The van der Waals surface area contributed by atoms with E-state index in [1.165, 1.54) is 43.0 Å². The number of carbonyl (C=O) groups excluding carboxylic acids is 2. The highest BCUT2D eigenvalue weighted by Crippen LogP contribution is 2.33. The smallest absolute Gasteiger partial charge is 0.340 e. The Morgan fingerprint density at radius 3 is 2.43 bits per heavy atom. The fourth-order valence-corrected chi connectivity index (χ4v) is 4.86. The Morgan fingerprint density at radius 1 is 1.13 bits per heavy atom. The van der Waals surface area contributed by atoms with Gasteiger partial charge in [0.2, 0.25) is 10.0 Å². The summed E-state index contributed by atoms with van der Waals surface area (Å²) in [5, 5.41) is 0.899. The molecule has 0 bridgehead atoms. The predicted molar refractivity (Wildman–Crippen MR) is 117 cm³/mol. The van der Waals surface area contributed by atoms with Gasteiger partial charge in [-0.3, -0.25) is 13.7 Å². The number of sulfonamides is 1. The van der Waals surface area contributed by atoms with Crippen LogP contribution in [0.3, 0.4) is 0 Å². The van der Waals surface area contributed by atoms with Crippen LogP contribution in [0.25, 0.3) is 10.9 Å². The van der Waals surface area contributed by atoms with Crippen LogP contribution in [0.5, 0.6) is 0 Å². The second kappa shape index (κ2) is 8.29. The van der Waals surface area contributed by atoms with Gasteiger partial charge in [0.15, 0.2) is 0 Å². The van der Waals surface area contributed by atoms with Gasteiger partial charge in [0, 0.05) is 16.6 Å². The number of aromatic nitrogens is 1. The molecule has 1 heterocycles. The van der Waals surface area contributed by atoms with Crippen molar-refractivity contribution in [2.24, 2.45) is 0 Å². The molecule has 3 rings (SSSR count). The van der Waals surface area contributed by atoms with E-state index in [1.54, 1.807) is 24.3 Å². The van der Waals surface area contributed by atoms with Crippen molar-refractivity contribution in [1.29, 1.82) is 0 Å². The lowest BCUT2D eigenvalue weighted by Gasteiger charge is -2.29. The van der Waals surface area contributed by atoms with E-state index in [0.717, 1.165) is 10.6 Å². The van der Waals surface area contributed by atoms with E-state index in [0.29, 0.717) is 10.9 Å².